The molecule has 0 saturated heterocycles. The fraction of sp³-hybridized carbons (Fsp3) is 0.118. The van der Waals surface area contributed by atoms with Gasteiger partial charge in [0.05, 0.1) is 5.52 Å². The minimum absolute atomic E-state index is 0.704. The average molecular weight is 296 g/mol. The molecule has 0 amide bonds. The second kappa shape index (κ2) is 5.66. The number of rotatable bonds is 3. The van der Waals surface area contributed by atoms with Crippen molar-refractivity contribution < 1.29 is 4.74 Å². The van der Waals surface area contributed by atoms with Gasteiger partial charge in [-0.3, -0.25) is 4.98 Å². The summed E-state index contributed by atoms with van der Waals surface area (Å²) in [6, 6.07) is 15.6. The van der Waals surface area contributed by atoms with Crippen LogP contribution >= 0.6 is 11.8 Å². The van der Waals surface area contributed by atoms with Crippen molar-refractivity contribution >= 4 is 28.4 Å². The Balaban J connectivity index is 2.04. The highest BCUT2D eigenvalue weighted by Crippen LogP contribution is 2.31. The summed E-state index contributed by atoms with van der Waals surface area (Å²) in [7, 11) is 0. The Kier molecular flexibility index (Phi) is 3.71. The summed E-state index contributed by atoms with van der Waals surface area (Å²) in [6.07, 6.45) is 2.05. The van der Waals surface area contributed by atoms with Crippen LogP contribution in [0, 0.1) is 6.92 Å². The van der Waals surface area contributed by atoms with Gasteiger partial charge in [0, 0.05) is 27.7 Å². The molecule has 106 valence electrons. The first-order chi connectivity index (χ1) is 10.2. The second-order valence-corrected chi connectivity index (χ2v) is 5.70. The molecule has 4 heteroatoms. The Morgan fingerprint density at radius 1 is 1.05 bits per heavy atom. The van der Waals surface area contributed by atoms with Gasteiger partial charge in [0.1, 0.15) is 11.5 Å². The van der Waals surface area contributed by atoms with Crippen molar-refractivity contribution in [3.05, 3.63) is 54.2 Å². The van der Waals surface area contributed by atoms with Gasteiger partial charge >= 0.3 is 0 Å². The average Bonchev–Trinajstić information content (AvgIpc) is 2.49. The first-order valence-electron chi connectivity index (χ1n) is 6.64. The molecule has 3 aromatic rings. The van der Waals surface area contributed by atoms with E-state index < -0.39 is 0 Å². The van der Waals surface area contributed by atoms with Crippen LogP contribution in [0.25, 0.3) is 10.9 Å². The molecule has 0 aliphatic heterocycles. The highest BCUT2D eigenvalue weighted by atomic mass is 32.2. The molecule has 3 rings (SSSR count). The summed E-state index contributed by atoms with van der Waals surface area (Å²) in [4.78, 5) is 5.72. The predicted molar refractivity (Wildman–Crippen MR) is 89.2 cm³/mol. The van der Waals surface area contributed by atoms with Crippen molar-refractivity contribution in [2.45, 2.75) is 11.8 Å². The molecule has 0 atom stereocenters. The molecule has 0 spiro atoms. The fourth-order valence-corrected chi connectivity index (χ4v) is 2.60. The van der Waals surface area contributed by atoms with Crippen molar-refractivity contribution in [1.29, 1.82) is 0 Å². The van der Waals surface area contributed by atoms with Crippen molar-refractivity contribution in [2.24, 2.45) is 0 Å². The molecule has 1 heterocycles. The molecule has 0 saturated carbocycles. The van der Waals surface area contributed by atoms with E-state index in [9.17, 15) is 0 Å². The lowest BCUT2D eigenvalue weighted by atomic mass is 10.1. The molecule has 2 aromatic carbocycles. The zero-order chi connectivity index (χ0) is 14.8. The Hall–Kier alpha value is -2.20. The number of anilines is 1. The maximum absolute atomic E-state index is 6.02. The molecule has 0 fully saturated rings. The summed E-state index contributed by atoms with van der Waals surface area (Å²) in [5.41, 5.74) is 8.39. The Labute approximate surface area is 128 Å². The molecule has 0 unspecified atom stereocenters. The van der Waals surface area contributed by atoms with Gasteiger partial charge in [0.15, 0.2) is 0 Å². The van der Waals surface area contributed by atoms with Gasteiger partial charge in [-0.15, -0.1) is 11.8 Å². The van der Waals surface area contributed by atoms with Crippen LogP contribution in [0.15, 0.2) is 53.4 Å². The molecule has 0 bridgehead atoms. The van der Waals surface area contributed by atoms with E-state index in [0.29, 0.717) is 5.69 Å². The number of benzene rings is 2. The van der Waals surface area contributed by atoms with Gasteiger partial charge in [-0.05, 0) is 55.6 Å². The molecule has 3 nitrogen and oxygen atoms in total. The molecule has 0 radical (unpaired) electrons. The number of aromatic nitrogens is 1. The Morgan fingerprint density at radius 2 is 1.81 bits per heavy atom. The number of nitrogens with zero attached hydrogens (tertiary/aromatic N) is 1. The summed E-state index contributed by atoms with van der Waals surface area (Å²) >= 11 is 1.71. The van der Waals surface area contributed by atoms with Crippen LogP contribution in [0.3, 0.4) is 0 Å². The van der Waals surface area contributed by atoms with E-state index in [0.717, 1.165) is 28.1 Å². The zero-order valence-electron chi connectivity index (χ0n) is 12.0. The van der Waals surface area contributed by atoms with Crippen LogP contribution in [0.2, 0.25) is 0 Å². The highest BCUT2D eigenvalue weighted by molar-refractivity contribution is 7.98. The van der Waals surface area contributed by atoms with E-state index in [4.69, 9.17) is 10.5 Å². The van der Waals surface area contributed by atoms with Gasteiger partial charge in [0.2, 0.25) is 0 Å². The van der Waals surface area contributed by atoms with Crippen LogP contribution in [-0.2, 0) is 0 Å². The number of ether oxygens (including phenoxy) is 1. The standard InChI is InChI=1S/C17H16N2OS/c1-11-9-17(15-10-12(18)3-8-16(15)19-11)20-13-4-6-14(21-2)7-5-13/h3-10H,18H2,1-2H3. The summed E-state index contributed by atoms with van der Waals surface area (Å²) in [5.74, 6) is 1.59. The van der Waals surface area contributed by atoms with Gasteiger partial charge in [-0.1, -0.05) is 0 Å². The lowest BCUT2D eigenvalue weighted by Crippen LogP contribution is -1.92. The van der Waals surface area contributed by atoms with Crippen LogP contribution in [0.1, 0.15) is 5.69 Å². The molecular weight excluding hydrogens is 280 g/mol. The fourth-order valence-electron chi connectivity index (χ4n) is 2.19. The van der Waals surface area contributed by atoms with E-state index in [2.05, 4.69) is 11.2 Å². The number of hydrogen-bond acceptors (Lipinski definition) is 4. The van der Waals surface area contributed by atoms with E-state index in [1.54, 1.807) is 11.8 Å². The minimum atomic E-state index is 0.704. The smallest absolute Gasteiger partial charge is 0.138 e. The van der Waals surface area contributed by atoms with Crippen LogP contribution < -0.4 is 10.5 Å². The second-order valence-electron chi connectivity index (χ2n) is 4.82. The molecule has 2 N–H and O–H groups in total. The lowest BCUT2D eigenvalue weighted by molar-refractivity contribution is 0.487. The molecule has 1 aromatic heterocycles. The van der Waals surface area contributed by atoms with Crippen molar-refractivity contribution in [3.63, 3.8) is 0 Å². The van der Waals surface area contributed by atoms with Gasteiger partial charge in [-0.25, -0.2) is 0 Å². The van der Waals surface area contributed by atoms with Crippen molar-refractivity contribution in [2.75, 3.05) is 12.0 Å². The molecule has 0 aliphatic rings. The zero-order valence-corrected chi connectivity index (χ0v) is 12.8. The normalized spacial score (nSPS) is 10.8. The SMILES string of the molecule is CSc1ccc(Oc2cc(C)nc3ccc(N)cc23)cc1. The first-order valence-corrected chi connectivity index (χ1v) is 7.87. The number of aryl methyl sites for hydroxylation is 1. The summed E-state index contributed by atoms with van der Waals surface area (Å²) < 4.78 is 6.02. The quantitative estimate of drug-likeness (QED) is 0.565. The Bertz CT molecular complexity index is 785. The van der Waals surface area contributed by atoms with Crippen molar-refractivity contribution in [3.8, 4) is 11.5 Å². The van der Waals surface area contributed by atoms with E-state index in [1.165, 1.54) is 4.90 Å². The maximum Gasteiger partial charge on any atom is 0.138 e. The molecule has 21 heavy (non-hydrogen) atoms. The van der Waals surface area contributed by atoms with Gasteiger partial charge in [0.25, 0.3) is 0 Å². The maximum atomic E-state index is 6.02. The molecule has 0 aliphatic carbocycles. The van der Waals surface area contributed by atoms with E-state index >= 15 is 0 Å². The van der Waals surface area contributed by atoms with Crippen LogP contribution in [-0.4, -0.2) is 11.2 Å². The van der Waals surface area contributed by atoms with Gasteiger partial charge < -0.3 is 10.5 Å². The third kappa shape index (κ3) is 2.95. The lowest BCUT2D eigenvalue weighted by Gasteiger charge is -2.11. The molecular formula is C17H16N2OS. The van der Waals surface area contributed by atoms with Gasteiger partial charge in [-0.2, -0.15) is 0 Å². The highest BCUT2D eigenvalue weighted by Gasteiger charge is 2.07. The van der Waals surface area contributed by atoms with E-state index in [-0.39, 0.29) is 0 Å². The minimum Gasteiger partial charge on any atom is -0.457 e. The van der Waals surface area contributed by atoms with Crippen LogP contribution in [0.5, 0.6) is 11.5 Å². The number of fused-ring (bicyclic) bond motifs is 1. The largest absolute Gasteiger partial charge is 0.457 e. The summed E-state index contributed by atoms with van der Waals surface area (Å²) in [5, 5.41) is 0.926. The van der Waals surface area contributed by atoms with Crippen molar-refractivity contribution in [1.82, 2.24) is 4.98 Å². The number of nitrogens with two attached hydrogens (primary N) is 1. The monoisotopic (exact) mass is 296 g/mol. The Morgan fingerprint density at radius 3 is 2.52 bits per heavy atom. The summed E-state index contributed by atoms with van der Waals surface area (Å²) in [6.45, 7) is 1.96. The topological polar surface area (TPSA) is 48.1 Å². The number of thioether (sulfide) groups is 1. The third-order valence-corrected chi connectivity index (χ3v) is 3.95. The van der Waals surface area contributed by atoms with E-state index in [1.807, 2.05) is 55.5 Å². The third-order valence-electron chi connectivity index (χ3n) is 3.21. The van der Waals surface area contributed by atoms with Crippen LogP contribution in [0.4, 0.5) is 5.69 Å². The number of nitrogen functional groups attached to an aromatic ring is 1. The first kappa shape index (κ1) is 13.8. The predicted octanol–water partition coefficient (Wildman–Crippen LogP) is 4.64. The number of hydrogen-bond donors (Lipinski definition) is 1. The number of pyridine rings is 1.